The Balaban J connectivity index is 0.000000561. The summed E-state index contributed by atoms with van der Waals surface area (Å²) in [6.45, 7) is 8.05. The van der Waals surface area contributed by atoms with E-state index < -0.39 is 0 Å². The Morgan fingerprint density at radius 2 is 2.00 bits per heavy atom. The predicted octanol–water partition coefficient (Wildman–Crippen LogP) is 2.79. The zero-order valence-electron chi connectivity index (χ0n) is 8.63. The molecule has 0 aliphatic rings. The summed E-state index contributed by atoms with van der Waals surface area (Å²) in [7, 11) is 1.93. The molecule has 0 saturated heterocycles. The van der Waals surface area contributed by atoms with Crippen molar-refractivity contribution < 1.29 is 0 Å². The maximum Gasteiger partial charge on any atom is 0.0876 e. The molecule has 1 rings (SSSR count). The van der Waals surface area contributed by atoms with Gasteiger partial charge in [0, 0.05) is 13.2 Å². The third-order valence-corrected chi connectivity index (χ3v) is 1.37. The second kappa shape index (κ2) is 5.58. The smallest absolute Gasteiger partial charge is 0.0876 e. The molecule has 0 spiro atoms. The van der Waals surface area contributed by atoms with Gasteiger partial charge < -0.3 is 0 Å². The summed E-state index contributed by atoms with van der Waals surface area (Å²) < 4.78 is 1.82. The fourth-order valence-corrected chi connectivity index (χ4v) is 0.947. The fraction of sp³-hybridized carbons (Fsp3) is 0.500. The van der Waals surface area contributed by atoms with Crippen molar-refractivity contribution in [3.05, 3.63) is 23.5 Å². The quantitative estimate of drug-likeness (QED) is 0.627. The van der Waals surface area contributed by atoms with E-state index in [9.17, 15) is 0 Å². The molecule has 68 valence electrons. The van der Waals surface area contributed by atoms with Gasteiger partial charge in [-0.25, -0.2) is 0 Å². The molecular weight excluding hydrogens is 148 g/mol. The number of hydrogen-bond donors (Lipinski definition) is 0. The van der Waals surface area contributed by atoms with Crippen LogP contribution in [-0.2, 0) is 7.05 Å². The highest BCUT2D eigenvalue weighted by Crippen LogP contribution is 2.05. The minimum absolute atomic E-state index is 1.06. The largest absolute Gasteiger partial charge is 0.275 e. The van der Waals surface area contributed by atoms with E-state index in [0.717, 1.165) is 5.69 Å². The van der Waals surface area contributed by atoms with E-state index in [4.69, 9.17) is 0 Å². The maximum absolute atomic E-state index is 4.23. The lowest BCUT2D eigenvalue weighted by atomic mass is 10.3. The van der Waals surface area contributed by atoms with E-state index in [0.29, 0.717) is 0 Å². The Kier molecular flexibility index (Phi) is 5.09. The molecule has 0 N–H and O–H groups in total. The fourth-order valence-electron chi connectivity index (χ4n) is 0.947. The summed E-state index contributed by atoms with van der Waals surface area (Å²) in [4.78, 5) is 0. The van der Waals surface area contributed by atoms with Crippen LogP contribution in [-0.4, -0.2) is 9.78 Å². The SMILES string of the molecule is C/C=C\c1nn(C)cc1C.CC. The van der Waals surface area contributed by atoms with Crippen LogP contribution in [0.1, 0.15) is 32.0 Å². The normalized spacial score (nSPS) is 9.75. The summed E-state index contributed by atoms with van der Waals surface area (Å²) in [5.74, 6) is 0. The van der Waals surface area contributed by atoms with E-state index in [1.807, 2.05) is 50.8 Å². The van der Waals surface area contributed by atoms with Crippen LogP contribution in [0.3, 0.4) is 0 Å². The lowest BCUT2D eigenvalue weighted by Gasteiger charge is -1.83. The molecule has 0 bridgehead atoms. The Labute approximate surface area is 74.9 Å². The molecule has 0 amide bonds. The number of nitrogens with zero attached hydrogens (tertiary/aromatic N) is 2. The first-order chi connectivity index (χ1) is 5.74. The van der Waals surface area contributed by atoms with Crippen molar-refractivity contribution in [1.82, 2.24) is 9.78 Å². The first kappa shape index (κ1) is 11.0. The molecule has 0 saturated carbocycles. The molecule has 0 aliphatic heterocycles. The Hall–Kier alpha value is -1.05. The molecular formula is C10H18N2. The van der Waals surface area contributed by atoms with Crippen molar-refractivity contribution in [1.29, 1.82) is 0 Å². The van der Waals surface area contributed by atoms with Crippen molar-refractivity contribution in [3.8, 4) is 0 Å². The van der Waals surface area contributed by atoms with Gasteiger partial charge >= 0.3 is 0 Å². The van der Waals surface area contributed by atoms with Crippen LogP contribution in [0, 0.1) is 6.92 Å². The van der Waals surface area contributed by atoms with Crippen molar-refractivity contribution in [3.63, 3.8) is 0 Å². The lowest BCUT2D eigenvalue weighted by molar-refractivity contribution is 0.764. The highest BCUT2D eigenvalue weighted by atomic mass is 15.2. The molecule has 0 aromatic carbocycles. The van der Waals surface area contributed by atoms with Crippen LogP contribution in [0.2, 0.25) is 0 Å². The van der Waals surface area contributed by atoms with Crippen LogP contribution in [0.15, 0.2) is 12.3 Å². The Morgan fingerprint density at radius 1 is 1.42 bits per heavy atom. The number of aryl methyl sites for hydroxylation is 2. The third kappa shape index (κ3) is 2.91. The summed E-state index contributed by atoms with van der Waals surface area (Å²) >= 11 is 0. The van der Waals surface area contributed by atoms with Crippen LogP contribution in [0.4, 0.5) is 0 Å². The van der Waals surface area contributed by atoms with Crippen molar-refractivity contribution in [2.24, 2.45) is 7.05 Å². The molecule has 12 heavy (non-hydrogen) atoms. The minimum Gasteiger partial charge on any atom is -0.275 e. The second-order valence-corrected chi connectivity index (χ2v) is 2.37. The predicted molar refractivity (Wildman–Crippen MR) is 54.0 cm³/mol. The van der Waals surface area contributed by atoms with Crippen LogP contribution < -0.4 is 0 Å². The average molecular weight is 166 g/mol. The number of allylic oxidation sites excluding steroid dienone is 1. The van der Waals surface area contributed by atoms with Gasteiger partial charge in [-0.1, -0.05) is 19.9 Å². The van der Waals surface area contributed by atoms with Gasteiger partial charge in [0.05, 0.1) is 5.69 Å². The molecule has 1 heterocycles. The van der Waals surface area contributed by atoms with Crippen LogP contribution in [0.5, 0.6) is 0 Å². The van der Waals surface area contributed by atoms with Gasteiger partial charge in [-0.15, -0.1) is 0 Å². The molecule has 2 heteroatoms. The number of hydrogen-bond acceptors (Lipinski definition) is 1. The van der Waals surface area contributed by atoms with Gasteiger partial charge in [0.2, 0.25) is 0 Å². The molecule has 0 atom stereocenters. The lowest BCUT2D eigenvalue weighted by Crippen LogP contribution is -1.86. The number of rotatable bonds is 1. The van der Waals surface area contributed by atoms with Gasteiger partial charge in [0.25, 0.3) is 0 Å². The zero-order valence-corrected chi connectivity index (χ0v) is 8.63. The van der Waals surface area contributed by atoms with Gasteiger partial charge in [-0.05, 0) is 25.5 Å². The van der Waals surface area contributed by atoms with Crippen LogP contribution >= 0.6 is 0 Å². The van der Waals surface area contributed by atoms with Crippen molar-refractivity contribution in [2.75, 3.05) is 0 Å². The third-order valence-electron chi connectivity index (χ3n) is 1.37. The molecule has 2 nitrogen and oxygen atoms in total. The van der Waals surface area contributed by atoms with Crippen molar-refractivity contribution >= 4 is 6.08 Å². The van der Waals surface area contributed by atoms with E-state index in [1.165, 1.54) is 5.56 Å². The summed E-state index contributed by atoms with van der Waals surface area (Å²) in [5.41, 5.74) is 2.28. The Morgan fingerprint density at radius 3 is 2.33 bits per heavy atom. The van der Waals surface area contributed by atoms with E-state index >= 15 is 0 Å². The van der Waals surface area contributed by atoms with E-state index in [1.54, 1.807) is 0 Å². The first-order valence-electron chi connectivity index (χ1n) is 4.37. The van der Waals surface area contributed by atoms with Crippen LogP contribution in [0.25, 0.3) is 6.08 Å². The highest BCUT2D eigenvalue weighted by Gasteiger charge is 1.96. The first-order valence-corrected chi connectivity index (χ1v) is 4.37. The molecule has 0 radical (unpaired) electrons. The van der Waals surface area contributed by atoms with Gasteiger partial charge in [-0.2, -0.15) is 5.10 Å². The summed E-state index contributed by atoms with van der Waals surface area (Å²) in [6.07, 6.45) is 6.01. The Bertz CT molecular complexity index is 246. The standard InChI is InChI=1S/C8H12N2.C2H6/c1-4-5-8-7(2)6-10(3)9-8;1-2/h4-6H,1-3H3;1-2H3/b5-4-;. The molecule has 1 aromatic heterocycles. The molecule has 0 fully saturated rings. The van der Waals surface area contributed by atoms with Gasteiger partial charge in [0.1, 0.15) is 0 Å². The average Bonchev–Trinajstić information content (AvgIpc) is 2.35. The maximum atomic E-state index is 4.23. The van der Waals surface area contributed by atoms with Crippen molar-refractivity contribution in [2.45, 2.75) is 27.7 Å². The topological polar surface area (TPSA) is 17.8 Å². The monoisotopic (exact) mass is 166 g/mol. The second-order valence-electron chi connectivity index (χ2n) is 2.37. The zero-order chi connectivity index (χ0) is 9.56. The number of aromatic nitrogens is 2. The van der Waals surface area contributed by atoms with Gasteiger partial charge in [-0.3, -0.25) is 4.68 Å². The van der Waals surface area contributed by atoms with Gasteiger partial charge in [0.15, 0.2) is 0 Å². The molecule has 0 unspecified atom stereocenters. The van der Waals surface area contributed by atoms with E-state index in [2.05, 4.69) is 12.0 Å². The molecule has 0 aliphatic carbocycles. The van der Waals surface area contributed by atoms with E-state index in [-0.39, 0.29) is 0 Å². The minimum atomic E-state index is 1.06. The summed E-state index contributed by atoms with van der Waals surface area (Å²) in [6, 6.07) is 0. The summed E-state index contributed by atoms with van der Waals surface area (Å²) in [5, 5.41) is 4.23. The molecule has 1 aromatic rings. The highest BCUT2D eigenvalue weighted by molar-refractivity contribution is 5.47.